The van der Waals surface area contributed by atoms with Crippen LogP contribution in [0.5, 0.6) is 0 Å². The van der Waals surface area contributed by atoms with Gasteiger partial charge in [0.1, 0.15) is 23.3 Å². The van der Waals surface area contributed by atoms with Gasteiger partial charge in [-0.1, -0.05) is 54.1 Å². The van der Waals surface area contributed by atoms with E-state index in [-0.39, 0.29) is 17.3 Å². The zero-order chi connectivity index (χ0) is 35.4. The van der Waals surface area contributed by atoms with E-state index in [9.17, 15) is 17.6 Å². The average Bonchev–Trinajstić information content (AvgIpc) is 3.53. The molecule has 7 rings (SSSR count). The number of rotatable bonds is 8. The fraction of sp³-hybridized carbons (Fsp3) is 0.474. The predicted molar refractivity (Wildman–Crippen MR) is 192 cm³/mol. The number of amides is 1. The summed E-state index contributed by atoms with van der Waals surface area (Å²) in [5, 5.41) is -0.153. The molecule has 3 fully saturated rings. The van der Waals surface area contributed by atoms with E-state index in [1.54, 1.807) is 20.8 Å². The SMILES string of the molecule is Cc1nc2ccccc2n1C1C[C@H]2CC[C@@H](C1)N2CCC1(c2ccccc2)CCN(C(=O)c2cc(S(=O)(=O)NC(C)(C)C)c(F)cc2Cl)CO1. The number of aryl methyl sites for hydroxylation is 1. The van der Waals surface area contributed by atoms with Crippen LogP contribution in [0.3, 0.4) is 0 Å². The van der Waals surface area contributed by atoms with Gasteiger partial charge in [-0.15, -0.1) is 0 Å². The van der Waals surface area contributed by atoms with Gasteiger partial charge >= 0.3 is 0 Å². The van der Waals surface area contributed by atoms with Gasteiger partial charge in [-0.2, -0.15) is 0 Å². The average molecular weight is 722 g/mol. The number of hydrogen-bond acceptors (Lipinski definition) is 6. The van der Waals surface area contributed by atoms with E-state index >= 15 is 0 Å². The molecule has 4 aromatic rings. The minimum atomic E-state index is -4.25. The summed E-state index contributed by atoms with van der Waals surface area (Å²) < 4.78 is 52.5. The summed E-state index contributed by atoms with van der Waals surface area (Å²) in [7, 11) is -4.25. The summed E-state index contributed by atoms with van der Waals surface area (Å²) in [6, 6.07) is 21.9. The molecule has 50 heavy (non-hydrogen) atoms. The minimum absolute atomic E-state index is 0.00826. The van der Waals surface area contributed by atoms with Crippen LogP contribution in [0.15, 0.2) is 71.6 Å². The maximum absolute atomic E-state index is 14.9. The number of para-hydroxylation sites is 2. The lowest BCUT2D eigenvalue weighted by Crippen LogP contribution is -2.50. The van der Waals surface area contributed by atoms with E-state index in [1.807, 2.05) is 24.3 Å². The summed E-state index contributed by atoms with van der Waals surface area (Å²) in [5.74, 6) is -0.456. The second kappa shape index (κ2) is 13.3. The Kier molecular flexibility index (Phi) is 9.34. The number of ether oxygens (including phenoxy) is 1. The van der Waals surface area contributed by atoms with Gasteiger partial charge < -0.3 is 14.2 Å². The van der Waals surface area contributed by atoms with Crippen molar-refractivity contribution in [2.24, 2.45) is 0 Å². The molecule has 266 valence electrons. The van der Waals surface area contributed by atoms with Crippen molar-refractivity contribution in [2.75, 3.05) is 19.8 Å². The molecule has 9 nitrogen and oxygen atoms in total. The van der Waals surface area contributed by atoms with E-state index in [0.717, 1.165) is 54.8 Å². The molecule has 12 heteroatoms. The van der Waals surface area contributed by atoms with Crippen LogP contribution in [0.1, 0.15) is 87.1 Å². The van der Waals surface area contributed by atoms with Gasteiger partial charge in [0.25, 0.3) is 5.91 Å². The van der Waals surface area contributed by atoms with Gasteiger partial charge in [0.15, 0.2) is 0 Å². The molecule has 0 spiro atoms. The smallest absolute Gasteiger partial charge is 0.257 e. The second-order valence-corrected chi connectivity index (χ2v) is 17.1. The number of halogens is 2. The summed E-state index contributed by atoms with van der Waals surface area (Å²) >= 11 is 6.35. The molecular weight excluding hydrogens is 677 g/mol. The van der Waals surface area contributed by atoms with Crippen LogP contribution in [-0.2, 0) is 20.4 Å². The lowest BCUT2D eigenvalue weighted by molar-refractivity contribution is -0.139. The highest BCUT2D eigenvalue weighted by Crippen LogP contribution is 2.44. The molecule has 3 saturated heterocycles. The first-order valence-electron chi connectivity index (χ1n) is 17.5. The lowest BCUT2D eigenvalue weighted by Gasteiger charge is -2.45. The molecule has 0 aliphatic carbocycles. The normalized spacial score (nSPS) is 24.6. The van der Waals surface area contributed by atoms with Crippen LogP contribution in [0, 0.1) is 12.7 Å². The van der Waals surface area contributed by atoms with Gasteiger partial charge in [0.05, 0.1) is 27.2 Å². The van der Waals surface area contributed by atoms with Gasteiger partial charge in [-0.05, 0) is 96.0 Å². The molecule has 3 aliphatic rings. The largest absolute Gasteiger partial charge is 0.350 e. The first-order valence-corrected chi connectivity index (χ1v) is 19.3. The zero-order valence-electron chi connectivity index (χ0n) is 29.0. The Balaban J connectivity index is 1.07. The van der Waals surface area contributed by atoms with Gasteiger partial charge in [-0.3, -0.25) is 9.69 Å². The van der Waals surface area contributed by atoms with Gasteiger partial charge in [0.2, 0.25) is 10.0 Å². The number of imidazole rings is 1. The zero-order valence-corrected chi connectivity index (χ0v) is 30.6. The van der Waals surface area contributed by atoms with Crippen molar-refractivity contribution in [2.45, 2.75) is 100 Å². The van der Waals surface area contributed by atoms with Gasteiger partial charge in [0, 0.05) is 36.8 Å². The molecule has 4 atom stereocenters. The number of nitrogens with zero attached hydrogens (tertiary/aromatic N) is 4. The summed E-state index contributed by atoms with van der Waals surface area (Å²) in [4.78, 5) is 22.2. The number of carbonyl (C=O) groups excluding carboxylic acids is 1. The van der Waals surface area contributed by atoms with Crippen molar-refractivity contribution < 1.29 is 22.3 Å². The number of carbonyl (C=O) groups is 1. The molecule has 1 aromatic heterocycles. The molecular formula is C38H45ClFN5O4S. The first kappa shape index (κ1) is 35.1. The monoisotopic (exact) mass is 721 g/mol. The Morgan fingerprint density at radius 3 is 2.38 bits per heavy atom. The standard InChI is InChI=1S/C38H45ClFN5O4S/c1-25-41-33-12-8-9-13-34(33)45(25)29-20-27-14-15-28(21-29)44(27)19-17-38(26-10-6-5-7-11-26)16-18-43(24-49-38)36(46)30-22-35(32(40)23-31(30)39)50(47,48)42-37(2,3)4/h5-13,22-23,27-29,42H,14-21,24H2,1-4H3/t27-,28+,29?,38?. The van der Waals surface area contributed by atoms with Crippen molar-refractivity contribution >= 4 is 38.6 Å². The Morgan fingerprint density at radius 1 is 1.04 bits per heavy atom. The van der Waals surface area contributed by atoms with Crippen molar-refractivity contribution in [1.82, 2.24) is 24.1 Å². The summed E-state index contributed by atoms with van der Waals surface area (Å²) in [6.07, 6.45) is 5.83. The number of aromatic nitrogens is 2. The molecule has 0 radical (unpaired) electrons. The molecule has 0 saturated carbocycles. The number of hydrogen-bond donors (Lipinski definition) is 1. The van der Waals surface area contributed by atoms with Crippen molar-refractivity contribution in [3.05, 3.63) is 94.5 Å². The maximum Gasteiger partial charge on any atom is 0.257 e. The highest BCUT2D eigenvalue weighted by molar-refractivity contribution is 7.89. The number of nitrogens with one attached hydrogen (secondary N) is 1. The molecule has 1 N–H and O–H groups in total. The third kappa shape index (κ3) is 6.70. The number of piperidine rings is 1. The number of fused-ring (bicyclic) bond motifs is 3. The molecule has 2 bridgehead atoms. The minimum Gasteiger partial charge on any atom is -0.350 e. The highest BCUT2D eigenvalue weighted by atomic mass is 35.5. The summed E-state index contributed by atoms with van der Waals surface area (Å²) in [5.41, 5.74) is 1.79. The van der Waals surface area contributed by atoms with E-state index in [0.29, 0.717) is 31.1 Å². The van der Waals surface area contributed by atoms with Crippen LogP contribution in [0.4, 0.5) is 4.39 Å². The number of benzene rings is 3. The third-order valence-electron chi connectivity index (χ3n) is 10.6. The summed E-state index contributed by atoms with van der Waals surface area (Å²) in [6.45, 7) is 8.32. The molecule has 4 heterocycles. The lowest BCUT2D eigenvalue weighted by atomic mass is 9.85. The van der Waals surface area contributed by atoms with E-state index in [2.05, 4.69) is 51.4 Å². The molecule has 1 amide bonds. The Hall–Kier alpha value is -3.35. The fourth-order valence-electron chi connectivity index (χ4n) is 8.41. The van der Waals surface area contributed by atoms with Crippen molar-refractivity contribution in [3.8, 4) is 0 Å². The molecule has 3 aromatic carbocycles. The Bertz CT molecular complexity index is 1990. The second-order valence-electron chi connectivity index (χ2n) is 15.1. The molecule has 3 aliphatic heterocycles. The van der Waals surface area contributed by atoms with Crippen LogP contribution < -0.4 is 4.72 Å². The van der Waals surface area contributed by atoms with Crippen LogP contribution in [0.25, 0.3) is 11.0 Å². The predicted octanol–water partition coefficient (Wildman–Crippen LogP) is 7.19. The van der Waals surface area contributed by atoms with E-state index < -0.39 is 37.8 Å². The number of sulfonamides is 1. The topological polar surface area (TPSA) is 96.8 Å². The van der Waals surface area contributed by atoms with Gasteiger partial charge in [-0.25, -0.2) is 22.5 Å². The van der Waals surface area contributed by atoms with Crippen molar-refractivity contribution in [3.63, 3.8) is 0 Å². The Labute approximate surface area is 298 Å². The highest BCUT2D eigenvalue weighted by Gasteiger charge is 2.45. The first-order chi connectivity index (χ1) is 23.7. The van der Waals surface area contributed by atoms with Crippen LogP contribution in [-0.4, -0.2) is 71.1 Å². The van der Waals surface area contributed by atoms with Crippen LogP contribution in [0.2, 0.25) is 5.02 Å². The van der Waals surface area contributed by atoms with Crippen LogP contribution >= 0.6 is 11.6 Å². The van der Waals surface area contributed by atoms with E-state index in [4.69, 9.17) is 21.3 Å². The van der Waals surface area contributed by atoms with E-state index in [1.165, 1.54) is 23.3 Å². The fourth-order valence-corrected chi connectivity index (χ4v) is 10.1. The quantitative estimate of drug-likeness (QED) is 0.207. The maximum atomic E-state index is 14.9. The third-order valence-corrected chi connectivity index (χ3v) is 12.7. The van der Waals surface area contributed by atoms with Crippen molar-refractivity contribution in [1.29, 1.82) is 0 Å². The Morgan fingerprint density at radius 2 is 1.72 bits per heavy atom. The molecule has 2 unspecified atom stereocenters.